The largest absolute Gasteiger partial charge is 0.477 e. The fourth-order valence-electron chi connectivity index (χ4n) is 4.73. The maximum absolute atomic E-state index is 13.9. The molecule has 0 radical (unpaired) electrons. The smallest absolute Gasteiger partial charge is 0.348 e. The Morgan fingerprint density at radius 3 is 2.23 bits per heavy atom. The Morgan fingerprint density at radius 1 is 1.06 bits per heavy atom. The van der Waals surface area contributed by atoms with Gasteiger partial charge in [0, 0.05) is 16.8 Å². The topological polar surface area (TPSA) is 57.6 Å². The second-order valence-corrected chi connectivity index (χ2v) is 9.94. The van der Waals surface area contributed by atoms with E-state index < -0.39 is 5.97 Å². The summed E-state index contributed by atoms with van der Waals surface area (Å²) in [5, 5.41) is 10.0. The van der Waals surface area contributed by atoms with Gasteiger partial charge in [0.1, 0.15) is 4.88 Å². The molecule has 0 saturated heterocycles. The third-order valence-corrected chi connectivity index (χ3v) is 7.60. The van der Waals surface area contributed by atoms with Crippen molar-refractivity contribution < 1.29 is 14.7 Å². The highest BCUT2D eigenvalue weighted by Crippen LogP contribution is 2.40. The van der Waals surface area contributed by atoms with Crippen LogP contribution < -0.4 is 4.90 Å². The average molecular weight is 442 g/mol. The van der Waals surface area contributed by atoms with Crippen LogP contribution in [0.25, 0.3) is 10.4 Å². The van der Waals surface area contributed by atoms with Crippen LogP contribution in [0.3, 0.4) is 0 Å². The summed E-state index contributed by atoms with van der Waals surface area (Å²) in [6.45, 7) is 6.52. The number of hydrogen-bond acceptors (Lipinski definition) is 3. The minimum absolute atomic E-state index is 0.00543. The van der Waals surface area contributed by atoms with Gasteiger partial charge in [0.05, 0.1) is 5.69 Å². The minimum Gasteiger partial charge on any atom is -0.477 e. The van der Waals surface area contributed by atoms with Crippen LogP contribution in [0.5, 0.6) is 0 Å². The summed E-state index contributed by atoms with van der Waals surface area (Å²) >= 11 is 1.27. The highest BCUT2D eigenvalue weighted by molar-refractivity contribution is 7.18. The minimum atomic E-state index is -0.955. The van der Waals surface area contributed by atoms with Crippen molar-refractivity contribution in [1.29, 1.82) is 0 Å². The second-order valence-electron chi connectivity index (χ2n) is 8.89. The van der Waals surface area contributed by atoms with Gasteiger partial charge in [0.15, 0.2) is 0 Å². The van der Waals surface area contributed by atoms with Gasteiger partial charge < -0.3 is 10.0 Å². The number of carboxylic acid groups (broad SMARTS) is 1. The van der Waals surface area contributed by atoms with Crippen molar-refractivity contribution in [2.24, 2.45) is 11.8 Å². The van der Waals surface area contributed by atoms with Gasteiger partial charge in [-0.3, -0.25) is 4.79 Å². The standard InChI is InChI=1S/C26H35NO3S/c1-4-9-21(10-5-2)27(25(28)20-15-13-18(3)14-16-20)22-17-23(31-24(22)26(29)30)19-11-7-6-8-12-19/h6-8,11-12,17-18,20-21H,4-5,9-10,13-16H2,1-3H3,(H,29,30). The van der Waals surface area contributed by atoms with Gasteiger partial charge in [-0.15, -0.1) is 11.3 Å². The lowest BCUT2D eigenvalue weighted by Crippen LogP contribution is -2.45. The molecule has 5 heteroatoms. The number of thiophene rings is 1. The summed E-state index contributed by atoms with van der Waals surface area (Å²) in [6, 6.07) is 11.8. The molecule has 1 aromatic heterocycles. The Balaban J connectivity index is 2.06. The normalized spacial score (nSPS) is 18.8. The van der Waals surface area contributed by atoms with E-state index in [1.165, 1.54) is 11.3 Å². The van der Waals surface area contributed by atoms with Gasteiger partial charge in [-0.2, -0.15) is 0 Å². The lowest BCUT2D eigenvalue weighted by Gasteiger charge is -2.36. The maximum Gasteiger partial charge on any atom is 0.348 e. The average Bonchev–Trinajstić information content (AvgIpc) is 3.21. The van der Waals surface area contributed by atoms with Gasteiger partial charge in [0.2, 0.25) is 5.91 Å². The molecule has 0 unspecified atom stereocenters. The zero-order valence-corrected chi connectivity index (χ0v) is 19.8. The fourth-order valence-corrected chi connectivity index (χ4v) is 5.72. The van der Waals surface area contributed by atoms with Crippen molar-refractivity contribution in [3.8, 4) is 10.4 Å². The van der Waals surface area contributed by atoms with E-state index in [0.717, 1.165) is 61.8 Å². The van der Waals surface area contributed by atoms with Gasteiger partial charge in [0.25, 0.3) is 0 Å². The third-order valence-electron chi connectivity index (χ3n) is 6.44. The Bertz CT molecular complexity index is 862. The molecule has 0 spiro atoms. The molecule has 1 aromatic carbocycles. The van der Waals surface area contributed by atoms with E-state index in [4.69, 9.17) is 0 Å². The molecule has 1 N–H and O–H groups in total. The molecule has 0 atom stereocenters. The summed E-state index contributed by atoms with van der Waals surface area (Å²) < 4.78 is 0. The van der Waals surface area contributed by atoms with E-state index >= 15 is 0 Å². The van der Waals surface area contributed by atoms with E-state index in [-0.39, 0.29) is 22.7 Å². The summed E-state index contributed by atoms with van der Waals surface area (Å²) in [6.07, 6.45) is 7.65. The van der Waals surface area contributed by atoms with Crippen LogP contribution in [0.1, 0.15) is 81.8 Å². The molecule has 1 heterocycles. The van der Waals surface area contributed by atoms with Crippen LogP contribution in [-0.4, -0.2) is 23.0 Å². The molecule has 4 nitrogen and oxygen atoms in total. The van der Waals surface area contributed by atoms with Crippen LogP contribution in [0.2, 0.25) is 0 Å². The number of hydrogen-bond donors (Lipinski definition) is 1. The van der Waals surface area contributed by atoms with E-state index in [1.54, 1.807) is 0 Å². The summed E-state index contributed by atoms with van der Waals surface area (Å²) in [5.74, 6) is -0.170. The van der Waals surface area contributed by atoms with Gasteiger partial charge in [-0.1, -0.05) is 63.9 Å². The zero-order valence-electron chi connectivity index (χ0n) is 19.0. The number of amides is 1. The van der Waals surface area contributed by atoms with Crippen molar-refractivity contribution >= 4 is 28.9 Å². The van der Waals surface area contributed by atoms with E-state index in [1.807, 2.05) is 41.3 Å². The zero-order chi connectivity index (χ0) is 22.4. The first kappa shape index (κ1) is 23.5. The second kappa shape index (κ2) is 10.9. The van der Waals surface area contributed by atoms with E-state index in [2.05, 4.69) is 20.8 Å². The number of rotatable bonds is 9. The van der Waals surface area contributed by atoms with Crippen molar-refractivity contribution in [1.82, 2.24) is 0 Å². The molecule has 1 aliphatic carbocycles. The molecule has 0 aliphatic heterocycles. The molecule has 31 heavy (non-hydrogen) atoms. The predicted molar refractivity (Wildman–Crippen MR) is 129 cm³/mol. The molecule has 1 saturated carbocycles. The van der Waals surface area contributed by atoms with Crippen molar-refractivity contribution in [2.75, 3.05) is 4.90 Å². The van der Waals surface area contributed by atoms with Gasteiger partial charge in [-0.05, 0) is 56.1 Å². The summed E-state index contributed by atoms with van der Waals surface area (Å²) in [4.78, 5) is 29.1. The lowest BCUT2D eigenvalue weighted by atomic mass is 9.82. The van der Waals surface area contributed by atoms with Crippen molar-refractivity contribution in [3.63, 3.8) is 0 Å². The Hall–Kier alpha value is -2.14. The van der Waals surface area contributed by atoms with Crippen molar-refractivity contribution in [3.05, 3.63) is 41.3 Å². The monoisotopic (exact) mass is 441 g/mol. The first-order valence-corrected chi connectivity index (χ1v) is 12.5. The molecule has 0 bridgehead atoms. The van der Waals surface area contributed by atoms with Crippen LogP contribution in [0.15, 0.2) is 36.4 Å². The Morgan fingerprint density at radius 2 is 1.68 bits per heavy atom. The number of carbonyl (C=O) groups is 2. The molecule has 3 rings (SSSR count). The first-order chi connectivity index (χ1) is 15.0. The number of carboxylic acids is 1. The number of aromatic carboxylic acids is 1. The SMILES string of the molecule is CCCC(CCC)N(C(=O)C1CCC(C)CC1)c1cc(-c2ccccc2)sc1C(=O)O. The number of anilines is 1. The molecular weight excluding hydrogens is 406 g/mol. The summed E-state index contributed by atoms with van der Waals surface area (Å²) in [5.41, 5.74) is 1.58. The highest BCUT2D eigenvalue weighted by Gasteiger charge is 2.35. The highest BCUT2D eigenvalue weighted by atomic mass is 32.1. The van der Waals surface area contributed by atoms with Gasteiger partial charge >= 0.3 is 5.97 Å². The Labute approximate surface area is 190 Å². The molecule has 168 valence electrons. The third kappa shape index (κ3) is 5.57. The van der Waals surface area contributed by atoms with E-state index in [0.29, 0.717) is 11.6 Å². The molecule has 2 aromatic rings. The number of benzene rings is 1. The lowest BCUT2D eigenvalue weighted by molar-refractivity contribution is -0.124. The van der Waals surface area contributed by atoms with E-state index in [9.17, 15) is 14.7 Å². The fraction of sp³-hybridized carbons (Fsp3) is 0.538. The predicted octanol–water partition coefficient (Wildman–Crippen LogP) is 7.24. The molecule has 1 aliphatic rings. The number of carbonyl (C=O) groups excluding carboxylic acids is 1. The maximum atomic E-state index is 13.9. The molecule has 1 fully saturated rings. The van der Waals surface area contributed by atoms with Crippen LogP contribution in [-0.2, 0) is 4.79 Å². The van der Waals surface area contributed by atoms with Crippen LogP contribution in [0, 0.1) is 11.8 Å². The first-order valence-electron chi connectivity index (χ1n) is 11.7. The van der Waals surface area contributed by atoms with Crippen LogP contribution in [0.4, 0.5) is 5.69 Å². The van der Waals surface area contributed by atoms with Crippen molar-refractivity contribution in [2.45, 2.75) is 78.2 Å². The van der Waals surface area contributed by atoms with Gasteiger partial charge in [-0.25, -0.2) is 4.79 Å². The van der Waals surface area contributed by atoms with Crippen LogP contribution >= 0.6 is 11.3 Å². The summed E-state index contributed by atoms with van der Waals surface area (Å²) in [7, 11) is 0. The quantitative estimate of drug-likeness (QED) is 0.446. The molecule has 1 amide bonds. The molecular formula is C26H35NO3S. The Kier molecular flexibility index (Phi) is 8.30. The number of nitrogens with zero attached hydrogens (tertiary/aromatic N) is 1.